The highest BCUT2D eigenvalue weighted by molar-refractivity contribution is 7.74. The summed E-state index contributed by atoms with van der Waals surface area (Å²) in [7, 11) is 2.04. The molecule has 0 amide bonds. The molecule has 0 heterocycles. The lowest BCUT2D eigenvalue weighted by Crippen LogP contribution is -2.29. The maximum absolute atomic E-state index is 5.67. The average Bonchev–Trinajstić information content (AvgIpc) is 2.42. The lowest BCUT2D eigenvalue weighted by molar-refractivity contribution is 0.112. The predicted molar refractivity (Wildman–Crippen MR) is 87.1 cm³/mol. The molecule has 0 aromatic heterocycles. The van der Waals surface area contributed by atoms with Crippen LogP contribution in [-0.2, 0) is 4.74 Å². The molecule has 0 atom stereocenters. The predicted octanol–water partition coefficient (Wildman–Crippen LogP) is 3.12. The molecular weight excluding hydrogens is 276 g/mol. The third kappa shape index (κ3) is 4.31. The van der Waals surface area contributed by atoms with E-state index in [2.05, 4.69) is 23.6 Å². The van der Waals surface area contributed by atoms with Gasteiger partial charge in [0.25, 0.3) is 0 Å². The first-order chi connectivity index (χ1) is 9.02. The van der Waals surface area contributed by atoms with E-state index in [4.69, 9.17) is 29.2 Å². The van der Waals surface area contributed by atoms with Crippen LogP contribution >= 0.6 is 24.4 Å². The highest BCUT2D eigenvalue weighted by Crippen LogP contribution is 2.28. The smallest absolute Gasteiger partial charge is 0.0797 e. The van der Waals surface area contributed by atoms with E-state index in [0.29, 0.717) is 0 Å². The molecule has 0 aliphatic carbocycles. The average molecular weight is 300 g/mol. The monoisotopic (exact) mass is 300 g/mol. The highest BCUT2D eigenvalue weighted by Gasteiger charge is 2.14. The summed E-state index contributed by atoms with van der Waals surface area (Å²) in [6.45, 7) is 11.9. The number of ether oxygens (including phenoxy) is 1. The minimum absolute atomic E-state index is 0.726. The molecule has 108 valence electrons. The fraction of sp³-hybridized carbons (Fsp3) is 0.714. The van der Waals surface area contributed by atoms with E-state index in [1.807, 2.05) is 14.0 Å². The van der Waals surface area contributed by atoms with Gasteiger partial charge in [0, 0.05) is 20.1 Å². The van der Waals surface area contributed by atoms with Crippen molar-refractivity contribution >= 4 is 30.1 Å². The molecule has 3 nitrogen and oxygen atoms in total. The van der Waals surface area contributed by atoms with Gasteiger partial charge in [-0.1, -0.05) is 38.3 Å². The molecule has 0 radical (unpaired) electrons. The van der Waals surface area contributed by atoms with Crippen LogP contribution in [0, 0.1) is 15.9 Å². The van der Waals surface area contributed by atoms with E-state index in [1.54, 1.807) is 0 Å². The van der Waals surface area contributed by atoms with Gasteiger partial charge < -0.3 is 14.5 Å². The third-order valence-electron chi connectivity index (χ3n) is 3.52. The Kier molecular flexibility index (Phi) is 7.07. The first-order valence-electron chi connectivity index (χ1n) is 6.84. The number of likely N-dealkylation sites (N-methyl/N-ethyl adjacent to an activating group) is 2. The summed E-state index contributed by atoms with van der Waals surface area (Å²) >= 11 is 10.4. The Labute approximate surface area is 126 Å². The van der Waals surface area contributed by atoms with Gasteiger partial charge in [0.2, 0.25) is 0 Å². The van der Waals surface area contributed by atoms with Crippen LogP contribution in [0.1, 0.15) is 19.4 Å². The van der Waals surface area contributed by atoms with Crippen LogP contribution in [0.5, 0.6) is 0 Å². The summed E-state index contributed by atoms with van der Waals surface area (Å²) in [5.41, 5.74) is 2.26. The molecule has 1 aromatic carbocycles. The van der Waals surface area contributed by atoms with Gasteiger partial charge in [-0.2, -0.15) is 0 Å². The van der Waals surface area contributed by atoms with Crippen LogP contribution in [-0.4, -0.2) is 51.3 Å². The van der Waals surface area contributed by atoms with E-state index in [1.165, 1.54) is 0 Å². The Balaban J connectivity index is 2.24. The zero-order valence-corrected chi connectivity index (χ0v) is 14.0. The zero-order valence-electron chi connectivity index (χ0n) is 12.4. The van der Waals surface area contributed by atoms with Crippen LogP contribution < -0.4 is 4.90 Å². The molecule has 0 saturated carbocycles. The van der Waals surface area contributed by atoms with Gasteiger partial charge in [0.05, 0.1) is 27.9 Å². The molecule has 0 aliphatic heterocycles. The van der Waals surface area contributed by atoms with E-state index in [9.17, 15) is 0 Å². The Morgan fingerprint density at radius 1 is 1.00 bits per heavy atom. The molecule has 0 aliphatic rings. The number of anilines is 1. The van der Waals surface area contributed by atoms with Gasteiger partial charge in [-0.25, -0.2) is 0 Å². The largest absolute Gasteiger partial charge is 0.378 e. The number of hydrogen-bond acceptors (Lipinski definition) is 5. The molecular formula is C14H24N2OS2. The lowest BCUT2D eigenvalue weighted by atomic mass is 10.1. The van der Waals surface area contributed by atoms with Gasteiger partial charge >= 0.3 is 0 Å². The fourth-order valence-corrected chi connectivity index (χ4v) is 2.76. The minimum atomic E-state index is 0.726. The quantitative estimate of drug-likeness (QED) is 0.513. The van der Waals surface area contributed by atoms with E-state index in [-0.39, 0.29) is 0 Å². The second-order valence-electron chi connectivity index (χ2n) is 4.69. The Hall–Kier alpha value is -0.360. The summed E-state index contributed by atoms with van der Waals surface area (Å²) in [5, 5.41) is 0. The fourth-order valence-electron chi connectivity index (χ4n) is 2.10. The second-order valence-corrected chi connectivity index (χ2v) is 5.51. The van der Waals surface area contributed by atoms with Crippen molar-refractivity contribution < 1.29 is 4.74 Å². The van der Waals surface area contributed by atoms with Crippen molar-refractivity contribution in [1.82, 2.24) is 4.90 Å². The highest BCUT2D eigenvalue weighted by atomic mass is 32.1. The maximum atomic E-state index is 5.67. The maximum Gasteiger partial charge on any atom is 0.0797 e. The molecule has 19 heavy (non-hydrogen) atoms. The van der Waals surface area contributed by atoms with Gasteiger partial charge in [-0.3, -0.25) is 0 Å². The van der Waals surface area contributed by atoms with E-state index >= 15 is 0 Å². The number of rotatable bonds is 9. The summed E-state index contributed by atoms with van der Waals surface area (Å²) in [4.78, 5) is 4.50. The Morgan fingerprint density at radius 3 is 2.11 bits per heavy atom. The molecule has 0 unspecified atom stereocenters. The van der Waals surface area contributed by atoms with Crippen molar-refractivity contribution in [2.45, 2.75) is 20.8 Å². The van der Waals surface area contributed by atoms with E-state index in [0.717, 1.165) is 59.7 Å². The summed E-state index contributed by atoms with van der Waals surface area (Å²) in [6.07, 6.45) is 0. The number of nitrogens with zero attached hydrogens (tertiary/aromatic N) is 2. The lowest BCUT2D eigenvalue weighted by Gasteiger charge is -2.24. The van der Waals surface area contributed by atoms with Crippen LogP contribution in [0.3, 0.4) is 0 Å². The minimum Gasteiger partial charge on any atom is -0.378 e. The van der Waals surface area contributed by atoms with Crippen molar-refractivity contribution in [2.75, 3.05) is 51.3 Å². The SMILES string of the molecule is CCN(CC)CCOCCN(C)c1c(C)c(=S)c1=S. The van der Waals surface area contributed by atoms with Crippen molar-refractivity contribution in [3.63, 3.8) is 0 Å². The van der Waals surface area contributed by atoms with Crippen molar-refractivity contribution in [2.24, 2.45) is 0 Å². The van der Waals surface area contributed by atoms with Crippen molar-refractivity contribution in [3.8, 4) is 0 Å². The molecule has 0 saturated heterocycles. The molecule has 5 heteroatoms. The normalized spacial score (nSPS) is 11.4. The first kappa shape index (κ1) is 16.7. The molecule has 0 N–H and O–H groups in total. The standard InChI is InChI=1S/C14H24N2OS2/c1-5-16(6-2)8-10-17-9-7-15(4)12-11(3)13(18)14(12)19/h5-10H2,1-4H3. The van der Waals surface area contributed by atoms with Gasteiger partial charge in [-0.05, 0) is 25.6 Å². The molecule has 0 fully saturated rings. The zero-order chi connectivity index (χ0) is 14.4. The summed E-state index contributed by atoms with van der Waals surface area (Å²) in [6, 6.07) is 0. The molecule has 1 aromatic rings. The van der Waals surface area contributed by atoms with Crippen LogP contribution in [0.2, 0.25) is 0 Å². The number of hydrogen-bond donors (Lipinski definition) is 0. The third-order valence-corrected chi connectivity index (χ3v) is 4.55. The van der Waals surface area contributed by atoms with Crippen molar-refractivity contribution in [1.29, 1.82) is 0 Å². The van der Waals surface area contributed by atoms with Crippen molar-refractivity contribution in [3.05, 3.63) is 14.6 Å². The summed E-state index contributed by atoms with van der Waals surface area (Å²) < 4.78 is 7.35. The van der Waals surface area contributed by atoms with Crippen LogP contribution in [0.25, 0.3) is 0 Å². The Bertz CT molecular complexity index is 462. The molecule has 0 spiro atoms. The van der Waals surface area contributed by atoms with Gasteiger partial charge in [0.15, 0.2) is 0 Å². The first-order valence-corrected chi connectivity index (χ1v) is 7.65. The summed E-state index contributed by atoms with van der Waals surface area (Å²) in [5.74, 6) is 0. The van der Waals surface area contributed by atoms with Crippen LogP contribution in [0.4, 0.5) is 5.69 Å². The topological polar surface area (TPSA) is 15.7 Å². The van der Waals surface area contributed by atoms with Crippen LogP contribution in [0.15, 0.2) is 0 Å². The second kappa shape index (κ2) is 8.04. The van der Waals surface area contributed by atoms with E-state index < -0.39 is 0 Å². The molecule has 0 bridgehead atoms. The van der Waals surface area contributed by atoms with Gasteiger partial charge in [0.1, 0.15) is 0 Å². The Morgan fingerprint density at radius 2 is 1.58 bits per heavy atom. The van der Waals surface area contributed by atoms with Gasteiger partial charge in [-0.15, -0.1) is 0 Å². The molecule has 1 rings (SSSR count).